The fourth-order valence-corrected chi connectivity index (χ4v) is 4.75. The molecular formula is C21H22ClN5O3. The molecule has 3 fully saturated rings. The van der Waals surface area contributed by atoms with E-state index in [1.807, 2.05) is 24.4 Å². The highest BCUT2D eigenvalue weighted by Gasteiger charge is 2.43. The maximum atomic E-state index is 6.53. The Morgan fingerprint density at radius 2 is 2.07 bits per heavy atom. The van der Waals surface area contributed by atoms with Crippen LogP contribution < -0.4 is 9.64 Å². The molecule has 6 rings (SSSR count). The lowest BCUT2D eigenvalue weighted by atomic mass is 10.1. The van der Waals surface area contributed by atoms with Gasteiger partial charge in [-0.3, -0.25) is 0 Å². The molecule has 1 N–H and O–H groups in total. The summed E-state index contributed by atoms with van der Waals surface area (Å²) in [6.45, 7) is 3.33. The van der Waals surface area contributed by atoms with Gasteiger partial charge < -0.3 is 24.1 Å². The Morgan fingerprint density at radius 3 is 2.90 bits per heavy atom. The van der Waals surface area contributed by atoms with Gasteiger partial charge in [-0.05, 0) is 37.5 Å². The van der Waals surface area contributed by atoms with Gasteiger partial charge in [0.05, 0.1) is 28.9 Å². The van der Waals surface area contributed by atoms with Crippen molar-refractivity contribution < 1.29 is 14.2 Å². The molecule has 0 amide bonds. The van der Waals surface area contributed by atoms with Crippen LogP contribution in [0.2, 0.25) is 5.02 Å². The average Bonchev–Trinajstić information content (AvgIpc) is 3.54. The van der Waals surface area contributed by atoms with E-state index in [0.717, 1.165) is 36.4 Å². The van der Waals surface area contributed by atoms with Crippen molar-refractivity contribution in [1.29, 1.82) is 0 Å². The van der Waals surface area contributed by atoms with Crippen LogP contribution in [0.4, 0.5) is 5.82 Å². The van der Waals surface area contributed by atoms with Crippen LogP contribution in [0.5, 0.6) is 6.01 Å². The summed E-state index contributed by atoms with van der Waals surface area (Å²) in [6.07, 6.45) is 5.09. The van der Waals surface area contributed by atoms with Crippen molar-refractivity contribution >= 4 is 28.6 Å². The standard InChI is InChI=1S/C21H22ClN5O3/c22-13-9-14-20(26-21(24-14)30-16-11-29-15-5-8-28-19(15)16)25-18(13)12-3-4-17(23-10-12)27-6-1-2-7-27/h3-4,9-10,15-16,19H,1-2,5-8,11H2,(H,24,25,26)/t15-,16?,19+/m1/s1. The molecule has 3 aliphatic rings. The summed E-state index contributed by atoms with van der Waals surface area (Å²) in [6, 6.07) is 6.27. The van der Waals surface area contributed by atoms with Crippen LogP contribution in [0, 0.1) is 0 Å². The van der Waals surface area contributed by atoms with E-state index < -0.39 is 0 Å². The minimum absolute atomic E-state index is 0.0366. The molecule has 9 heteroatoms. The number of ether oxygens (including phenoxy) is 3. The second kappa shape index (κ2) is 7.37. The van der Waals surface area contributed by atoms with Crippen molar-refractivity contribution in [1.82, 2.24) is 19.9 Å². The van der Waals surface area contributed by atoms with Gasteiger partial charge in [0.15, 0.2) is 11.8 Å². The van der Waals surface area contributed by atoms with Crippen LogP contribution in [-0.2, 0) is 9.47 Å². The van der Waals surface area contributed by atoms with E-state index >= 15 is 0 Å². The highest BCUT2D eigenvalue weighted by Crippen LogP contribution is 2.32. The maximum absolute atomic E-state index is 6.53. The van der Waals surface area contributed by atoms with E-state index in [1.54, 1.807) is 0 Å². The molecule has 3 aromatic heterocycles. The van der Waals surface area contributed by atoms with E-state index in [0.29, 0.717) is 35.6 Å². The Kier molecular flexibility index (Phi) is 4.51. The Hall–Kier alpha value is -2.42. The van der Waals surface area contributed by atoms with Crippen LogP contribution in [0.1, 0.15) is 19.3 Å². The zero-order valence-corrected chi connectivity index (χ0v) is 17.1. The lowest BCUT2D eigenvalue weighted by Gasteiger charge is -2.16. The lowest BCUT2D eigenvalue weighted by Crippen LogP contribution is -2.32. The third-order valence-electron chi connectivity index (χ3n) is 6.04. The van der Waals surface area contributed by atoms with Crippen molar-refractivity contribution in [2.75, 3.05) is 31.2 Å². The van der Waals surface area contributed by atoms with Gasteiger partial charge in [0.2, 0.25) is 0 Å². The summed E-state index contributed by atoms with van der Waals surface area (Å²) in [4.78, 5) is 19.2. The molecule has 3 aliphatic heterocycles. The molecule has 156 valence electrons. The number of halogens is 1. The molecule has 0 aliphatic carbocycles. The Balaban J connectivity index is 1.26. The van der Waals surface area contributed by atoms with Crippen molar-refractivity contribution in [3.05, 3.63) is 29.4 Å². The van der Waals surface area contributed by atoms with Gasteiger partial charge in [-0.2, -0.15) is 4.98 Å². The predicted molar refractivity (Wildman–Crippen MR) is 112 cm³/mol. The third-order valence-corrected chi connectivity index (χ3v) is 6.33. The molecule has 3 saturated heterocycles. The summed E-state index contributed by atoms with van der Waals surface area (Å²) in [5.74, 6) is 0.995. The second-order valence-corrected chi connectivity index (χ2v) is 8.39. The smallest absolute Gasteiger partial charge is 0.296 e. The van der Waals surface area contributed by atoms with Gasteiger partial charge in [0.25, 0.3) is 6.01 Å². The number of rotatable bonds is 4. The fourth-order valence-electron chi connectivity index (χ4n) is 4.49. The number of hydrogen-bond donors (Lipinski definition) is 1. The van der Waals surface area contributed by atoms with Crippen molar-refractivity contribution in [3.8, 4) is 17.3 Å². The maximum Gasteiger partial charge on any atom is 0.296 e. The lowest BCUT2D eigenvalue weighted by molar-refractivity contribution is 0.0273. The number of hydrogen-bond acceptors (Lipinski definition) is 7. The van der Waals surface area contributed by atoms with E-state index in [2.05, 4.69) is 24.8 Å². The normalized spacial score (nSPS) is 25.9. The van der Waals surface area contributed by atoms with E-state index in [-0.39, 0.29) is 18.3 Å². The van der Waals surface area contributed by atoms with Crippen molar-refractivity contribution in [2.24, 2.45) is 0 Å². The zero-order chi connectivity index (χ0) is 20.1. The number of anilines is 1. The number of nitrogens with one attached hydrogen (secondary N) is 1. The summed E-state index contributed by atoms with van der Waals surface area (Å²) in [5, 5.41) is 0.539. The number of aromatic amines is 1. The van der Waals surface area contributed by atoms with Crippen LogP contribution in [0.15, 0.2) is 24.4 Å². The fraction of sp³-hybridized carbons (Fsp3) is 0.476. The van der Waals surface area contributed by atoms with Crippen molar-refractivity contribution in [3.63, 3.8) is 0 Å². The number of aromatic nitrogens is 4. The molecule has 0 aromatic carbocycles. The van der Waals surface area contributed by atoms with Gasteiger partial charge in [-0.15, -0.1) is 0 Å². The van der Waals surface area contributed by atoms with Gasteiger partial charge in [0.1, 0.15) is 11.9 Å². The largest absolute Gasteiger partial charge is 0.456 e. The predicted octanol–water partition coefficient (Wildman–Crippen LogP) is 3.21. The van der Waals surface area contributed by atoms with Crippen LogP contribution >= 0.6 is 11.6 Å². The monoisotopic (exact) mass is 427 g/mol. The Morgan fingerprint density at radius 1 is 1.17 bits per heavy atom. The molecule has 0 radical (unpaired) electrons. The molecule has 0 bridgehead atoms. The van der Waals surface area contributed by atoms with Gasteiger partial charge in [-0.25, -0.2) is 9.97 Å². The zero-order valence-electron chi connectivity index (χ0n) is 16.4. The van der Waals surface area contributed by atoms with Crippen LogP contribution in [0.25, 0.3) is 22.4 Å². The van der Waals surface area contributed by atoms with Crippen LogP contribution in [-0.4, -0.2) is 64.6 Å². The number of pyridine rings is 2. The first kappa shape index (κ1) is 18.4. The average molecular weight is 428 g/mol. The first-order valence-electron chi connectivity index (χ1n) is 10.4. The SMILES string of the molecule is Clc1cc2[nH]c(OC3CO[C@@H]4CCO[C@H]34)nc2nc1-c1ccc(N2CCCC2)nc1. The van der Waals surface area contributed by atoms with Gasteiger partial charge >= 0.3 is 0 Å². The molecule has 1 unspecified atom stereocenters. The van der Waals surface area contributed by atoms with Crippen molar-refractivity contribution in [2.45, 2.75) is 37.6 Å². The topological polar surface area (TPSA) is 85.4 Å². The minimum Gasteiger partial charge on any atom is -0.456 e. The second-order valence-electron chi connectivity index (χ2n) is 7.98. The first-order chi connectivity index (χ1) is 14.7. The number of fused-ring (bicyclic) bond motifs is 2. The molecule has 8 nitrogen and oxygen atoms in total. The van der Waals surface area contributed by atoms with E-state index in [4.69, 9.17) is 25.8 Å². The summed E-state index contributed by atoms with van der Waals surface area (Å²) >= 11 is 6.53. The molecular weight excluding hydrogens is 406 g/mol. The van der Waals surface area contributed by atoms with E-state index in [1.165, 1.54) is 12.8 Å². The number of nitrogens with zero attached hydrogens (tertiary/aromatic N) is 4. The number of H-pyrrole nitrogens is 1. The van der Waals surface area contributed by atoms with Gasteiger partial charge in [0, 0.05) is 31.5 Å². The third kappa shape index (κ3) is 3.19. The molecule has 3 aromatic rings. The quantitative estimate of drug-likeness (QED) is 0.684. The minimum atomic E-state index is -0.171. The highest BCUT2D eigenvalue weighted by molar-refractivity contribution is 6.33. The highest BCUT2D eigenvalue weighted by atomic mass is 35.5. The first-order valence-corrected chi connectivity index (χ1v) is 10.8. The Bertz CT molecular complexity index is 1070. The number of imidazole rings is 1. The summed E-state index contributed by atoms with van der Waals surface area (Å²) in [5.41, 5.74) is 2.80. The summed E-state index contributed by atoms with van der Waals surface area (Å²) in [7, 11) is 0. The molecule has 0 saturated carbocycles. The molecule has 0 spiro atoms. The molecule has 30 heavy (non-hydrogen) atoms. The van der Waals surface area contributed by atoms with Crippen LogP contribution in [0.3, 0.4) is 0 Å². The Labute approximate surface area is 178 Å². The summed E-state index contributed by atoms with van der Waals surface area (Å²) < 4.78 is 17.5. The van der Waals surface area contributed by atoms with E-state index in [9.17, 15) is 0 Å². The molecule has 6 heterocycles. The van der Waals surface area contributed by atoms with Gasteiger partial charge in [-0.1, -0.05) is 11.6 Å². The molecule has 3 atom stereocenters.